The van der Waals surface area contributed by atoms with Gasteiger partial charge in [-0.3, -0.25) is 0 Å². The second-order valence-corrected chi connectivity index (χ2v) is 5.44. The van der Waals surface area contributed by atoms with Crippen molar-refractivity contribution < 1.29 is 9.47 Å². The quantitative estimate of drug-likeness (QED) is 0.902. The number of nitrogens with two attached hydrogens (primary N) is 1. The van der Waals surface area contributed by atoms with E-state index >= 15 is 0 Å². The van der Waals surface area contributed by atoms with Gasteiger partial charge >= 0.3 is 0 Å². The fourth-order valence-electron chi connectivity index (χ4n) is 2.85. The van der Waals surface area contributed by atoms with Gasteiger partial charge in [-0.1, -0.05) is 12.1 Å². The summed E-state index contributed by atoms with van der Waals surface area (Å²) < 4.78 is 10.9. The lowest BCUT2D eigenvalue weighted by atomic mass is 9.90. The minimum absolute atomic E-state index is 0.136. The summed E-state index contributed by atoms with van der Waals surface area (Å²) in [7, 11) is 1.68. The van der Waals surface area contributed by atoms with E-state index in [2.05, 4.69) is 16.4 Å². The molecule has 0 saturated carbocycles. The minimum Gasteiger partial charge on any atom is -0.496 e. The highest BCUT2D eigenvalue weighted by Gasteiger charge is 2.31. The summed E-state index contributed by atoms with van der Waals surface area (Å²) in [6.07, 6.45) is 3.59. The number of benzene rings is 1. The van der Waals surface area contributed by atoms with Crippen molar-refractivity contribution in [3.8, 4) is 5.75 Å². The molecule has 5 heteroatoms. The monoisotopic (exact) mass is 287 g/mol. The molecule has 112 valence electrons. The van der Waals surface area contributed by atoms with Crippen LogP contribution in [0.15, 0.2) is 30.5 Å². The van der Waals surface area contributed by atoms with Crippen molar-refractivity contribution in [2.24, 2.45) is 5.73 Å². The van der Waals surface area contributed by atoms with Gasteiger partial charge in [0.25, 0.3) is 0 Å². The predicted molar refractivity (Wildman–Crippen MR) is 83.8 cm³/mol. The number of nitrogens with zero attached hydrogens (tertiary/aromatic N) is 1. The second kappa shape index (κ2) is 5.87. The SMILES string of the molecule is COc1cccc2c(NC3(CN)CCOCC3)nccc12. The molecule has 3 rings (SSSR count). The normalized spacial score (nSPS) is 17.6. The number of pyridine rings is 1. The fraction of sp³-hybridized carbons (Fsp3) is 0.438. The predicted octanol–water partition coefficient (Wildman–Crippen LogP) is 2.16. The summed E-state index contributed by atoms with van der Waals surface area (Å²) in [5, 5.41) is 5.67. The van der Waals surface area contributed by atoms with Gasteiger partial charge in [0.05, 0.1) is 12.6 Å². The number of hydrogen-bond acceptors (Lipinski definition) is 5. The van der Waals surface area contributed by atoms with Crippen LogP contribution in [-0.4, -0.2) is 37.4 Å². The van der Waals surface area contributed by atoms with Crippen molar-refractivity contribution in [2.45, 2.75) is 18.4 Å². The zero-order valence-corrected chi connectivity index (χ0v) is 12.3. The molecule has 21 heavy (non-hydrogen) atoms. The van der Waals surface area contributed by atoms with Crippen LogP contribution in [0.25, 0.3) is 10.8 Å². The van der Waals surface area contributed by atoms with Crippen molar-refractivity contribution in [3.05, 3.63) is 30.5 Å². The maximum Gasteiger partial charge on any atom is 0.134 e. The van der Waals surface area contributed by atoms with Gasteiger partial charge in [0.15, 0.2) is 0 Å². The molecule has 1 aromatic carbocycles. The van der Waals surface area contributed by atoms with Crippen LogP contribution in [0, 0.1) is 0 Å². The average Bonchev–Trinajstić information content (AvgIpc) is 2.55. The molecule has 1 aliphatic rings. The van der Waals surface area contributed by atoms with Crippen LogP contribution in [0.4, 0.5) is 5.82 Å². The largest absolute Gasteiger partial charge is 0.496 e. The van der Waals surface area contributed by atoms with E-state index in [1.54, 1.807) is 13.3 Å². The van der Waals surface area contributed by atoms with Gasteiger partial charge in [0, 0.05) is 36.7 Å². The van der Waals surface area contributed by atoms with Crippen LogP contribution in [0.3, 0.4) is 0 Å². The van der Waals surface area contributed by atoms with Gasteiger partial charge in [0.2, 0.25) is 0 Å². The van der Waals surface area contributed by atoms with Gasteiger partial charge < -0.3 is 20.5 Å². The summed E-state index contributed by atoms with van der Waals surface area (Å²) in [4.78, 5) is 4.51. The summed E-state index contributed by atoms with van der Waals surface area (Å²) in [5.74, 6) is 1.71. The molecule has 0 atom stereocenters. The van der Waals surface area contributed by atoms with E-state index in [4.69, 9.17) is 15.2 Å². The van der Waals surface area contributed by atoms with E-state index in [9.17, 15) is 0 Å². The summed E-state index contributed by atoms with van der Waals surface area (Å²) in [6.45, 7) is 2.04. The molecule has 0 spiro atoms. The van der Waals surface area contributed by atoms with Crippen LogP contribution >= 0.6 is 0 Å². The molecule has 3 N–H and O–H groups in total. The van der Waals surface area contributed by atoms with Crippen molar-refractivity contribution in [1.82, 2.24) is 4.98 Å². The molecule has 1 aromatic heterocycles. The molecule has 0 unspecified atom stereocenters. The Morgan fingerprint density at radius 2 is 2.10 bits per heavy atom. The molecular weight excluding hydrogens is 266 g/mol. The number of fused-ring (bicyclic) bond motifs is 1. The minimum atomic E-state index is -0.136. The highest BCUT2D eigenvalue weighted by molar-refractivity contribution is 5.96. The Hall–Kier alpha value is -1.85. The third-order valence-corrected chi connectivity index (χ3v) is 4.21. The average molecular weight is 287 g/mol. The van der Waals surface area contributed by atoms with Gasteiger partial charge in [-0.2, -0.15) is 0 Å². The van der Waals surface area contributed by atoms with E-state index in [0.29, 0.717) is 6.54 Å². The topological polar surface area (TPSA) is 69.4 Å². The third kappa shape index (κ3) is 2.66. The number of rotatable bonds is 4. The first-order valence-electron chi connectivity index (χ1n) is 7.26. The van der Waals surface area contributed by atoms with Crippen LogP contribution in [-0.2, 0) is 4.74 Å². The van der Waals surface area contributed by atoms with Crippen molar-refractivity contribution in [3.63, 3.8) is 0 Å². The molecule has 1 aliphatic heterocycles. The lowest BCUT2D eigenvalue weighted by Gasteiger charge is -2.37. The Bertz CT molecular complexity index is 624. The Morgan fingerprint density at radius 3 is 2.81 bits per heavy atom. The van der Waals surface area contributed by atoms with Crippen molar-refractivity contribution >= 4 is 16.6 Å². The third-order valence-electron chi connectivity index (χ3n) is 4.21. The Morgan fingerprint density at radius 1 is 1.29 bits per heavy atom. The van der Waals surface area contributed by atoms with E-state index in [0.717, 1.165) is 48.4 Å². The smallest absolute Gasteiger partial charge is 0.134 e. The van der Waals surface area contributed by atoms with Crippen molar-refractivity contribution in [1.29, 1.82) is 0 Å². The van der Waals surface area contributed by atoms with Gasteiger partial charge in [0.1, 0.15) is 11.6 Å². The zero-order valence-electron chi connectivity index (χ0n) is 12.3. The molecule has 2 heterocycles. The second-order valence-electron chi connectivity index (χ2n) is 5.44. The van der Waals surface area contributed by atoms with E-state index < -0.39 is 0 Å². The van der Waals surface area contributed by atoms with E-state index in [1.165, 1.54) is 0 Å². The van der Waals surface area contributed by atoms with Crippen LogP contribution in [0.2, 0.25) is 0 Å². The number of aromatic nitrogens is 1. The molecule has 2 aromatic rings. The zero-order chi connectivity index (χ0) is 14.7. The Labute approximate surface area is 124 Å². The van der Waals surface area contributed by atoms with E-state index in [-0.39, 0.29) is 5.54 Å². The highest BCUT2D eigenvalue weighted by atomic mass is 16.5. The van der Waals surface area contributed by atoms with E-state index in [1.807, 2.05) is 18.2 Å². The van der Waals surface area contributed by atoms with Crippen molar-refractivity contribution in [2.75, 3.05) is 32.2 Å². The standard InChI is InChI=1S/C16H21N3O2/c1-20-14-4-2-3-13-12(14)5-8-18-15(13)19-16(11-17)6-9-21-10-7-16/h2-5,8H,6-7,9-11,17H2,1H3,(H,18,19). The first-order chi connectivity index (χ1) is 10.3. The fourth-order valence-corrected chi connectivity index (χ4v) is 2.85. The Kier molecular flexibility index (Phi) is 3.94. The first-order valence-corrected chi connectivity index (χ1v) is 7.26. The molecule has 1 fully saturated rings. The maximum atomic E-state index is 6.02. The molecule has 1 saturated heterocycles. The maximum absolute atomic E-state index is 6.02. The van der Waals surface area contributed by atoms with Crippen LogP contribution in [0.5, 0.6) is 5.75 Å². The lowest BCUT2D eigenvalue weighted by Crippen LogP contribution is -2.49. The molecule has 0 radical (unpaired) electrons. The first kappa shape index (κ1) is 14.1. The number of ether oxygens (including phenoxy) is 2. The molecule has 0 amide bonds. The molecule has 0 bridgehead atoms. The summed E-state index contributed by atoms with van der Waals surface area (Å²) in [6, 6.07) is 7.96. The molecule has 5 nitrogen and oxygen atoms in total. The van der Waals surface area contributed by atoms with Crippen LogP contribution < -0.4 is 15.8 Å². The summed E-state index contributed by atoms with van der Waals surface area (Å²) >= 11 is 0. The van der Waals surface area contributed by atoms with Crippen LogP contribution in [0.1, 0.15) is 12.8 Å². The van der Waals surface area contributed by atoms with Gasteiger partial charge in [-0.15, -0.1) is 0 Å². The number of hydrogen-bond donors (Lipinski definition) is 2. The molecule has 0 aliphatic carbocycles. The molecular formula is C16H21N3O2. The van der Waals surface area contributed by atoms with Gasteiger partial charge in [-0.25, -0.2) is 4.98 Å². The Balaban J connectivity index is 2.00. The summed E-state index contributed by atoms with van der Waals surface area (Å²) in [5.41, 5.74) is 5.88. The highest BCUT2D eigenvalue weighted by Crippen LogP contribution is 2.32. The lowest BCUT2D eigenvalue weighted by molar-refractivity contribution is 0.0627. The number of nitrogens with one attached hydrogen (secondary N) is 1. The van der Waals surface area contributed by atoms with Gasteiger partial charge in [-0.05, 0) is 25.0 Å². The number of anilines is 1. The number of methoxy groups -OCH3 is 1.